The number of esters is 1. The molecule has 0 N–H and O–H groups in total. The molecule has 20 heavy (non-hydrogen) atoms. The topological polar surface area (TPSA) is 44.1 Å². The van der Waals surface area contributed by atoms with E-state index in [2.05, 4.69) is 17.1 Å². The predicted molar refractivity (Wildman–Crippen MR) is 79.7 cm³/mol. The monoisotopic (exact) mass is 290 g/mol. The van der Waals surface area contributed by atoms with Gasteiger partial charge in [0, 0.05) is 23.8 Å². The summed E-state index contributed by atoms with van der Waals surface area (Å²) in [7, 11) is 0. The van der Waals surface area contributed by atoms with Crippen molar-refractivity contribution < 1.29 is 9.53 Å². The first-order valence-corrected chi connectivity index (χ1v) is 7.45. The Morgan fingerprint density at radius 3 is 2.75 bits per heavy atom. The largest absolute Gasteiger partial charge is 0.465 e. The van der Waals surface area contributed by atoms with Crippen molar-refractivity contribution in [1.29, 1.82) is 0 Å². The first-order chi connectivity index (χ1) is 9.69. The van der Waals surface area contributed by atoms with Crippen LogP contribution in [0.4, 0.5) is 0 Å². The van der Waals surface area contributed by atoms with Gasteiger partial charge in [0.2, 0.25) is 0 Å². The van der Waals surface area contributed by atoms with Crippen molar-refractivity contribution >= 4 is 17.7 Å². The minimum absolute atomic E-state index is 0.167. The molecule has 2 rings (SSSR count). The van der Waals surface area contributed by atoms with Gasteiger partial charge in [-0.05, 0) is 31.5 Å². The van der Waals surface area contributed by atoms with Crippen molar-refractivity contribution in [2.75, 3.05) is 6.61 Å². The molecule has 0 radical (unpaired) electrons. The van der Waals surface area contributed by atoms with Crippen molar-refractivity contribution in [2.45, 2.75) is 30.5 Å². The molecular weight excluding hydrogens is 272 g/mol. The third-order valence-corrected chi connectivity index (χ3v) is 3.87. The number of carbonyl (C=O) groups excluding carboxylic acids is 1. The second-order valence-electron chi connectivity index (χ2n) is 4.39. The Bertz CT molecular complexity index is 538. The van der Waals surface area contributed by atoms with E-state index in [-0.39, 0.29) is 11.2 Å². The van der Waals surface area contributed by atoms with Crippen LogP contribution in [0.5, 0.6) is 0 Å². The van der Waals surface area contributed by atoms with Crippen LogP contribution in [0.2, 0.25) is 0 Å². The minimum Gasteiger partial charge on any atom is -0.465 e. The van der Waals surface area contributed by atoms with Crippen molar-refractivity contribution in [1.82, 2.24) is 9.55 Å². The molecule has 1 aromatic heterocycles. The number of imidazole rings is 1. The molecule has 2 aromatic rings. The summed E-state index contributed by atoms with van der Waals surface area (Å²) in [6.45, 7) is 4.91. The molecule has 0 fully saturated rings. The Balaban J connectivity index is 1.92. The molecular formula is C15H18N2O2S. The molecule has 0 saturated heterocycles. The van der Waals surface area contributed by atoms with Gasteiger partial charge in [-0.25, -0.2) is 4.98 Å². The van der Waals surface area contributed by atoms with Gasteiger partial charge in [0.25, 0.3) is 0 Å². The van der Waals surface area contributed by atoms with E-state index in [1.165, 1.54) is 17.3 Å². The predicted octanol–water partition coefficient (Wildman–Crippen LogP) is 2.98. The van der Waals surface area contributed by atoms with Gasteiger partial charge < -0.3 is 9.30 Å². The first-order valence-electron chi connectivity index (χ1n) is 6.57. The van der Waals surface area contributed by atoms with Crippen molar-refractivity contribution in [2.24, 2.45) is 0 Å². The van der Waals surface area contributed by atoms with Gasteiger partial charge in [0.1, 0.15) is 5.25 Å². The molecule has 0 spiro atoms. The summed E-state index contributed by atoms with van der Waals surface area (Å²) in [5, 5.41) is -0.186. The fraction of sp³-hybridized carbons (Fsp3) is 0.333. The van der Waals surface area contributed by atoms with Crippen LogP contribution in [0, 0.1) is 0 Å². The SMILES string of the molecule is CCOC(=O)C(C)Sc1ccc(Cn2ccnc2)cc1. The highest BCUT2D eigenvalue weighted by Gasteiger charge is 2.15. The first kappa shape index (κ1) is 14.7. The molecule has 1 unspecified atom stereocenters. The lowest BCUT2D eigenvalue weighted by Crippen LogP contribution is -2.16. The van der Waals surface area contributed by atoms with Crippen LogP contribution in [0.25, 0.3) is 0 Å². The Labute approximate surface area is 123 Å². The minimum atomic E-state index is -0.186. The second kappa shape index (κ2) is 7.14. The summed E-state index contributed by atoms with van der Waals surface area (Å²) in [6.07, 6.45) is 5.50. The molecule has 0 aliphatic rings. The van der Waals surface area contributed by atoms with Crippen LogP contribution in [-0.4, -0.2) is 27.4 Å². The van der Waals surface area contributed by atoms with E-state index in [9.17, 15) is 4.79 Å². The third kappa shape index (κ3) is 4.13. The Morgan fingerprint density at radius 2 is 2.15 bits per heavy atom. The van der Waals surface area contributed by atoms with Gasteiger partial charge in [0.15, 0.2) is 0 Å². The smallest absolute Gasteiger partial charge is 0.319 e. The maximum Gasteiger partial charge on any atom is 0.319 e. The molecule has 4 nitrogen and oxygen atoms in total. The van der Waals surface area contributed by atoms with Crippen molar-refractivity contribution in [3.05, 3.63) is 48.5 Å². The van der Waals surface area contributed by atoms with E-state index in [1.807, 2.05) is 36.7 Å². The highest BCUT2D eigenvalue weighted by Crippen LogP contribution is 2.24. The molecule has 106 valence electrons. The van der Waals surface area contributed by atoms with E-state index < -0.39 is 0 Å². The highest BCUT2D eigenvalue weighted by atomic mass is 32.2. The highest BCUT2D eigenvalue weighted by molar-refractivity contribution is 8.00. The van der Waals surface area contributed by atoms with E-state index >= 15 is 0 Å². The maximum atomic E-state index is 11.6. The van der Waals surface area contributed by atoms with Gasteiger partial charge in [0.05, 0.1) is 12.9 Å². The van der Waals surface area contributed by atoms with E-state index in [1.54, 1.807) is 12.5 Å². The molecule has 5 heteroatoms. The zero-order valence-electron chi connectivity index (χ0n) is 11.7. The van der Waals surface area contributed by atoms with Gasteiger partial charge >= 0.3 is 5.97 Å². The van der Waals surface area contributed by atoms with Crippen LogP contribution in [0.15, 0.2) is 47.9 Å². The van der Waals surface area contributed by atoms with Crippen LogP contribution in [-0.2, 0) is 16.1 Å². The van der Waals surface area contributed by atoms with E-state index in [0.717, 1.165) is 11.4 Å². The average molecular weight is 290 g/mol. The lowest BCUT2D eigenvalue weighted by molar-refractivity contribution is -0.142. The fourth-order valence-corrected chi connectivity index (χ4v) is 2.64. The summed E-state index contributed by atoms with van der Waals surface area (Å²) >= 11 is 1.51. The number of benzene rings is 1. The number of aromatic nitrogens is 2. The molecule has 1 atom stereocenters. The summed E-state index contributed by atoms with van der Waals surface area (Å²) < 4.78 is 7.02. The maximum absolute atomic E-state index is 11.6. The normalized spacial score (nSPS) is 12.1. The standard InChI is InChI=1S/C15H18N2O2S/c1-3-19-15(18)12(2)20-14-6-4-13(5-7-14)10-17-9-8-16-11-17/h4-9,11-12H,3,10H2,1-2H3. The van der Waals surface area contributed by atoms with Gasteiger partial charge in [-0.3, -0.25) is 4.79 Å². The lowest BCUT2D eigenvalue weighted by Gasteiger charge is -2.10. The molecule has 0 bridgehead atoms. The lowest BCUT2D eigenvalue weighted by atomic mass is 10.2. The molecule has 1 heterocycles. The molecule has 0 amide bonds. The quantitative estimate of drug-likeness (QED) is 0.606. The Hall–Kier alpha value is -1.75. The number of rotatable bonds is 6. The number of ether oxygens (including phenoxy) is 1. The Morgan fingerprint density at radius 1 is 1.40 bits per heavy atom. The van der Waals surface area contributed by atoms with Crippen LogP contribution in [0.3, 0.4) is 0 Å². The summed E-state index contributed by atoms with van der Waals surface area (Å²) in [4.78, 5) is 16.7. The molecule has 1 aromatic carbocycles. The van der Waals surface area contributed by atoms with Gasteiger partial charge in [-0.2, -0.15) is 0 Å². The number of nitrogens with zero attached hydrogens (tertiary/aromatic N) is 2. The molecule has 0 aliphatic carbocycles. The number of hydrogen-bond acceptors (Lipinski definition) is 4. The van der Waals surface area contributed by atoms with Crippen LogP contribution >= 0.6 is 11.8 Å². The third-order valence-electron chi connectivity index (χ3n) is 2.78. The number of thioether (sulfide) groups is 1. The molecule has 0 aliphatic heterocycles. The van der Waals surface area contributed by atoms with Gasteiger partial charge in [-0.15, -0.1) is 11.8 Å². The van der Waals surface area contributed by atoms with E-state index in [0.29, 0.717) is 6.61 Å². The fourth-order valence-electron chi connectivity index (χ4n) is 1.78. The number of hydrogen-bond donors (Lipinski definition) is 0. The van der Waals surface area contributed by atoms with Crippen LogP contribution in [0.1, 0.15) is 19.4 Å². The van der Waals surface area contributed by atoms with Crippen LogP contribution < -0.4 is 0 Å². The summed E-state index contributed by atoms with van der Waals surface area (Å²) in [5.74, 6) is -0.167. The number of carbonyl (C=O) groups is 1. The second-order valence-corrected chi connectivity index (χ2v) is 5.81. The zero-order valence-corrected chi connectivity index (χ0v) is 12.5. The van der Waals surface area contributed by atoms with Gasteiger partial charge in [-0.1, -0.05) is 12.1 Å². The zero-order chi connectivity index (χ0) is 14.4. The summed E-state index contributed by atoms with van der Waals surface area (Å²) in [6, 6.07) is 8.21. The molecule has 0 saturated carbocycles. The average Bonchev–Trinajstić information content (AvgIpc) is 2.94. The van der Waals surface area contributed by atoms with E-state index in [4.69, 9.17) is 4.74 Å². The van der Waals surface area contributed by atoms with Crippen molar-refractivity contribution in [3.63, 3.8) is 0 Å². The summed E-state index contributed by atoms with van der Waals surface area (Å²) in [5.41, 5.74) is 1.20. The Kier molecular flexibility index (Phi) is 5.24. The van der Waals surface area contributed by atoms with Crippen molar-refractivity contribution in [3.8, 4) is 0 Å².